The molecule has 3 N–H and O–H groups in total. The Hall–Kier alpha value is -1.94. The van der Waals surface area contributed by atoms with Crippen molar-refractivity contribution in [3.63, 3.8) is 0 Å². The smallest absolute Gasteiger partial charge is 0.191 e. The largest absolute Gasteiger partial charge is 0.352 e. The zero-order chi connectivity index (χ0) is 16.8. The van der Waals surface area contributed by atoms with Crippen molar-refractivity contribution >= 4 is 41.3 Å². The van der Waals surface area contributed by atoms with E-state index < -0.39 is 0 Å². The SMILES string of the molecule is CN=C(NCc1cccc(-c2ncn[nH]2)c1)NCc1sccc1C.I. The summed E-state index contributed by atoms with van der Waals surface area (Å²) in [6, 6.07) is 10.3. The van der Waals surface area contributed by atoms with E-state index in [0.29, 0.717) is 6.54 Å². The highest BCUT2D eigenvalue weighted by molar-refractivity contribution is 14.0. The molecule has 0 fully saturated rings. The minimum absolute atomic E-state index is 0. The average molecular weight is 468 g/mol. The van der Waals surface area contributed by atoms with E-state index in [-0.39, 0.29) is 24.0 Å². The van der Waals surface area contributed by atoms with Gasteiger partial charge in [0.2, 0.25) is 0 Å². The van der Waals surface area contributed by atoms with Crippen LogP contribution in [0.3, 0.4) is 0 Å². The lowest BCUT2D eigenvalue weighted by molar-refractivity contribution is 0.813. The van der Waals surface area contributed by atoms with Crippen LogP contribution in [-0.2, 0) is 13.1 Å². The molecule has 0 atom stereocenters. The second-order valence-electron chi connectivity index (χ2n) is 5.34. The van der Waals surface area contributed by atoms with Crippen LogP contribution < -0.4 is 10.6 Å². The van der Waals surface area contributed by atoms with Crippen LogP contribution in [0.2, 0.25) is 0 Å². The van der Waals surface area contributed by atoms with E-state index >= 15 is 0 Å². The van der Waals surface area contributed by atoms with E-state index in [4.69, 9.17) is 0 Å². The predicted octanol–water partition coefficient (Wildman–Crippen LogP) is 3.32. The number of guanidine groups is 1. The molecule has 6 nitrogen and oxygen atoms in total. The van der Waals surface area contributed by atoms with Gasteiger partial charge in [0.15, 0.2) is 11.8 Å². The summed E-state index contributed by atoms with van der Waals surface area (Å²) in [5.74, 6) is 1.56. The summed E-state index contributed by atoms with van der Waals surface area (Å²) in [4.78, 5) is 9.78. The van der Waals surface area contributed by atoms with Crippen LogP contribution >= 0.6 is 35.3 Å². The van der Waals surface area contributed by atoms with E-state index in [1.54, 1.807) is 18.4 Å². The third-order valence-electron chi connectivity index (χ3n) is 3.68. The molecule has 8 heteroatoms. The van der Waals surface area contributed by atoms with E-state index in [0.717, 1.165) is 29.5 Å². The van der Waals surface area contributed by atoms with Crippen molar-refractivity contribution in [3.05, 3.63) is 58.0 Å². The maximum atomic E-state index is 4.28. The Labute approximate surface area is 168 Å². The third kappa shape index (κ3) is 5.27. The van der Waals surface area contributed by atoms with Crippen LogP contribution in [0.4, 0.5) is 0 Å². The van der Waals surface area contributed by atoms with Gasteiger partial charge in [0.05, 0.1) is 6.54 Å². The Bertz CT molecular complexity index is 812. The quantitative estimate of drug-likeness (QED) is 0.305. The summed E-state index contributed by atoms with van der Waals surface area (Å²) < 4.78 is 0. The molecular formula is C17H21IN6S. The number of nitrogens with zero attached hydrogens (tertiary/aromatic N) is 3. The first-order valence-corrected chi connectivity index (χ1v) is 8.56. The van der Waals surface area contributed by atoms with Crippen molar-refractivity contribution in [2.24, 2.45) is 4.99 Å². The molecule has 0 amide bonds. The van der Waals surface area contributed by atoms with Gasteiger partial charge < -0.3 is 10.6 Å². The number of rotatable bonds is 5. The number of aliphatic imine (C=N–C) groups is 1. The van der Waals surface area contributed by atoms with Crippen LogP contribution in [0.25, 0.3) is 11.4 Å². The van der Waals surface area contributed by atoms with E-state index in [9.17, 15) is 0 Å². The van der Waals surface area contributed by atoms with Crippen LogP contribution in [-0.4, -0.2) is 28.2 Å². The molecule has 3 rings (SSSR count). The number of hydrogen-bond acceptors (Lipinski definition) is 4. The lowest BCUT2D eigenvalue weighted by atomic mass is 10.1. The van der Waals surface area contributed by atoms with Crippen LogP contribution in [0, 0.1) is 6.92 Å². The van der Waals surface area contributed by atoms with Gasteiger partial charge in [-0.2, -0.15) is 5.10 Å². The second-order valence-corrected chi connectivity index (χ2v) is 6.34. The van der Waals surface area contributed by atoms with Crippen molar-refractivity contribution in [1.29, 1.82) is 0 Å². The maximum Gasteiger partial charge on any atom is 0.191 e. The van der Waals surface area contributed by atoms with Gasteiger partial charge in [0.1, 0.15) is 6.33 Å². The monoisotopic (exact) mass is 468 g/mol. The first kappa shape index (κ1) is 19.4. The zero-order valence-corrected chi connectivity index (χ0v) is 17.3. The standard InChI is InChI=1S/C17H20N6S.HI/c1-12-6-7-24-15(12)10-20-17(18-2)19-9-13-4-3-5-14(8-13)16-21-11-22-23-16;/h3-8,11H,9-10H2,1-2H3,(H2,18,19,20)(H,21,22,23);1H. The summed E-state index contributed by atoms with van der Waals surface area (Å²) >= 11 is 1.76. The number of aromatic nitrogens is 3. The molecule has 0 aliphatic rings. The van der Waals surface area contributed by atoms with E-state index in [2.05, 4.69) is 61.3 Å². The van der Waals surface area contributed by atoms with Gasteiger partial charge in [-0.05, 0) is 35.6 Å². The van der Waals surface area contributed by atoms with Gasteiger partial charge >= 0.3 is 0 Å². The Balaban J connectivity index is 0.00000225. The molecule has 3 aromatic rings. The fourth-order valence-corrected chi connectivity index (χ4v) is 3.17. The predicted molar refractivity (Wildman–Crippen MR) is 113 cm³/mol. The van der Waals surface area contributed by atoms with Gasteiger partial charge in [0.25, 0.3) is 0 Å². The lowest BCUT2D eigenvalue weighted by Crippen LogP contribution is -2.36. The van der Waals surface area contributed by atoms with Crippen molar-refractivity contribution < 1.29 is 0 Å². The topological polar surface area (TPSA) is 78.0 Å². The summed E-state index contributed by atoms with van der Waals surface area (Å²) in [6.07, 6.45) is 1.51. The molecule has 0 spiro atoms. The number of H-pyrrole nitrogens is 1. The number of aryl methyl sites for hydroxylation is 1. The number of hydrogen-bond donors (Lipinski definition) is 3. The molecule has 0 saturated carbocycles. The normalized spacial score (nSPS) is 11.0. The molecule has 0 saturated heterocycles. The zero-order valence-electron chi connectivity index (χ0n) is 14.1. The van der Waals surface area contributed by atoms with E-state index in [1.165, 1.54) is 16.8 Å². The van der Waals surface area contributed by atoms with Gasteiger partial charge in [-0.15, -0.1) is 35.3 Å². The van der Waals surface area contributed by atoms with Crippen LogP contribution in [0.15, 0.2) is 47.0 Å². The molecule has 1 aromatic carbocycles. The van der Waals surface area contributed by atoms with Crippen molar-refractivity contribution in [3.8, 4) is 11.4 Å². The molecule has 2 heterocycles. The van der Waals surface area contributed by atoms with Crippen molar-refractivity contribution in [2.45, 2.75) is 20.0 Å². The first-order valence-electron chi connectivity index (χ1n) is 7.68. The Kier molecular flexibility index (Phi) is 7.38. The minimum Gasteiger partial charge on any atom is -0.352 e. The second kappa shape index (κ2) is 9.52. The summed E-state index contributed by atoms with van der Waals surface area (Å²) in [7, 11) is 1.78. The number of halogens is 1. The van der Waals surface area contributed by atoms with Gasteiger partial charge in [-0.25, -0.2) is 4.98 Å². The Morgan fingerprint density at radius 1 is 1.24 bits per heavy atom. The molecule has 0 unspecified atom stereocenters. The molecule has 0 aliphatic heterocycles. The fourth-order valence-electron chi connectivity index (χ4n) is 2.33. The summed E-state index contributed by atoms with van der Waals surface area (Å²) in [5, 5.41) is 15.6. The highest BCUT2D eigenvalue weighted by atomic mass is 127. The molecule has 0 bridgehead atoms. The lowest BCUT2D eigenvalue weighted by Gasteiger charge is -2.12. The third-order valence-corrected chi connectivity index (χ3v) is 4.71. The average Bonchev–Trinajstić information content (AvgIpc) is 3.27. The molecular weight excluding hydrogens is 447 g/mol. The number of nitrogens with one attached hydrogen (secondary N) is 3. The Morgan fingerprint density at radius 3 is 2.76 bits per heavy atom. The molecule has 2 aromatic heterocycles. The Morgan fingerprint density at radius 2 is 2.08 bits per heavy atom. The number of benzene rings is 1. The van der Waals surface area contributed by atoms with Crippen LogP contribution in [0.5, 0.6) is 0 Å². The van der Waals surface area contributed by atoms with Gasteiger partial charge in [0, 0.05) is 24.0 Å². The molecule has 0 aliphatic carbocycles. The molecule has 0 radical (unpaired) electrons. The molecule has 25 heavy (non-hydrogen) atoms. The first-order chi connectivity index (χ1) is 11.8. The van der Waals surface area contributed by atoms with Crippen molar-refractivity contribution in [1.82, 2.24) is 25.8 Å². The van der Waals surface area contributed by atoms with E-state index in [1.807, 2.05) is 12.1 Å². The minimum atomic E-state index is 0. The fraction of sp³-hybridized carbons (Fsp3) is 0.235. The van der Waals surface area contributed by atoms with Crippen molar-refractivity contribution in [2.75, 3.05) is 7.05 Å². The highest BCUT2D eigenvalue weighted by Gasteiger charge is 2.04. The number of thiophene rings is 1. The highest BCUT2D eigenvalue weighted by Crippen LogP contribution is 2.16. The van der Waals surface area contributed by atoms with Gasteiger partial charge in [-0.3, -0.25) is 10.1 Å². The maximum absolute atomic E-state index is 4.28. The molecule has 132 valence electrons. The van der Waals surface area contributed by atoms with Gasteiger partial charge in [-0.1, -0.05) is 18.2 Å². The van der Waals surface area contributed by atoms with Crippen LogP contribution in [0.1, 0.15) is 16.0 Å². The summed E-state index contributed by atoms with van der Waals surface area (Å²) in [5.41, 5.74) is 3.48. The number of aromatic amines is 1. The summed E-state index contributed by atoms with van der Waals surface area (Å²) in [6.45, 7) is 3.59.